The van der Waals surface area contributed by atoms with Gasteiger partial charge in [-0.25, -0.2) is 4.98 Å². The van der Waals surface area contributed by atoms with E-state index in [1.165, 1.54) is 49.9 Å². The summed E-state index contributed by atoms with van der Waals surface area (Å²) in [6.07, 6.45) is 6.34. The third-order valence-corrected chi connectivity index (χ3v) is 6.16. The highest BCUT2D eigenvalue weighted by atomic mass is 16.5. The maximum Gasteiger partial charge on any atom is 0.127 e. The molecule has 0 aliphatic carbocycles. The van der Waals surface area contributed by atoms with E-state index in [9.17, 15) is 0 Å². The number of nitrogens with zero attached hydrogens (tertiary/aromatic N) is 3. The molecule has 29 heavy (non-hydrogen) atoms. The maximum absolute atomic E-state index is 6.07. The van der Waals surface area contributed by atoms with Crippen LogP contribution in [0.15, 0.2) is 48.5 Å². The van der Waals surface area contributed by atoms with E-state index >= 15 is 0 Å². The fourth-order valence-corrected chi connectivity index (χ4v) is 4.37. The topological polar surface area (TPSA) is 30.3 Å². The molecular weight excluding hydrogens is 358 g/mol. The summed E-state index contributed by atoms with van der Waals surface area (Å²) >= 11 is 0. The van der Waals surface area contributed by atoms with Crippen LogP contribution in [0.2, 0.25) is 0 Å². The number of aromatic nitrogens is 2. The molecule has 0 radical (unpaired) electrons. The van der Waals surface area contributed by atoms with Gasteiger partial charge < -0.3 is 9.30 Å². The highest BCUT2D eigenvalue weighted by Gasteiger charge is 2.23. The zero-order valence-corrected chi connectivity index (χ0v) is 17.8. The molecule has 1 unspecified atom stereocenters. The van der Waals surface area contributed by atoms with Gasteiger partial charge in [-0.15, -0.1) is 0 Å². The van der Waals surface area contributed by atoms with Gasteiger partial charge in [0.05, 0.1) is 23.6 Å². The summed E-state index contributed by atoms with van der Waals surface area (Å²) in [7, 11) is 0. The minimum absolute atomic E-state index is 0.323. The minimum atomic E-state index is 0.323. The van der Waals surface area contributed by atoms with Crippen molar-refractivity contribution in [3.8, 4) is 5.75 Å². The number of ether oxygens (including phenoxy) is 1. The van der Waals surface area contributed by atoms with Crippen LogP contribution in [0.3, 0.4) is 0 Å². The summed E-state index contributed by atoms with van der Waals surface area (Å²) in [6.45, 7) is 8.28. The highest BCUT2D eigenvalue weighted by molar-refractivity contribution is 5.76. The van der Waals surface area contributed by atoms with Gasteiger partial charge in [0, 0.05) is 0 Å². The zero-order valence-electron chi connectivity index (χ0n) is 17.8. The van der Waals surface area contributed by atoms with Crippen LogP contribution in [-0.4, -0.2) is 34.1 Å². The maximum atomic E-state index is 6.07. The normalized spacial score (nSPS) is 16.6. The van der Waals surface area contributed by atoms with Crippen LogP contribution in [0.1, 0.15) is 57.0 Å². The van der Waals surface area contributed by atoms with E-state index in [2.05, 4.69) is 71.8 Å². The van der Waals surface area contributed by atoms with E-state index < -0.39 is 0 Å². The lowest BCUT2D eigenvalue weighted by molar-refractivity contribution is 0.204. The van der Waals surface area contributed by atoms with Crippen molar-refractivity contribution in [3.63, 3.8) is 0 Å². The monoisotopic (exact) mass is 391 g/mol. The SMILES string of the molecule is CCc1ccc(OCCn2c(C(C)N3CCCCCC3)nc3ccccc32)cc1. The zero-order chi connectivity index (χ0) is 20.1. The summed E-state index contributed by atoms with van der Waals surface area (Å²) in [6, 6.07) is 17.2. The van der Waals surface area contributed by atoms with E-state index in [0.717, 1.165) is 30.1 Å². The van der Waals surface area contributed by atoms with Gasteiger partial charge in [0.1, 0.15) is 18.2 Å². The molecule has 1 atom stereocenters. The second-order valence-electron chi connectivity index (χ2n) is 8.08. The number of rotatable bonds is 7. The molecule has 0 N–H and O–H groups in total. The molecule has 4 nitrogen and oxygen atoms in total. The lowest BCUT2D eigenvalue weighted by Crippen LogP contribution is -2.30. The lowest BCUT2D eigenvalue weighted by atomic mass is 10.2. The van der Waals surface area contributed by atoms with Crippen LogP contribution in [0.4, 0.5) is 0 Å². The first-order valence-electron chi connectivity index (χ1n) is 11.2. The first-order valence-corrected chi connectivity index (χ1v) is 11.2. The molecule has 2 heterocycles. The van der Waals surface area contributed by atoms with Crippen LogP contribution >= 0.6 is 0 Å². The van der Waals surface area contributed by atoms with Crippen LogP contribution in [-0.2, 0) is 13.0 Å². The Labute approximate surface area is 174 Å². The predicted octanol–water partition coefficient (Wildman–Crippen LogP) is 5.61. The smallest absolute Gasteiger partial charge is 0.127 e. The molecule has 0 spiro atoms. The van der Waals surface area contributed by atoms with Crippen LogP contribution in [0, 0.1) is 0 Å². The van der Waals surface area contributed by atoms with E-state index in [4.69, 9.17) is 9.72 Å². The molecule has 4 rings (SSSR count). The van der Waals surface area contributed by atoms with Crippen LogP contribution in [0.5, 0.6) is 5.75 Å². The Morgan fingerprint density at radius 2 is 1.69 bits per heavy atom. The summed E-state index contributed by atoms with van der Waals surface area (Å²) in [5.74, 6) is 2.10. The third kappa shape index (κ3) is 4.64. The number of aryl methyl sites for hydroxylation is 1. The van der Waals surface area contributed by atoms with Gasteiger partial charge in [0.25, 0.3) is 0 Å². The Morgan fingerprint density at radius 3 is 2.41 bits per heavy atom. The molecule has 0 amide bonds. The fraction of sp³-hybridized carbons (Fsp3) is 0.480. The molecule has 0 bridgehead atoms. The Balaban J connectivity index is 1.52. The van der Waals surface area contributed by atoms with Crippen molar-refractivity contribution < 1.29 is 4.74 Å². The first kappa shape index (κ1) is 20.0. The third-order valence-electron chi connectivity index (χ3n) is 6.16. The van der Waals surface area contributed by atoms with Crippen molar-refractivity contribution >= 4 is 11.0 Å². The van der Waals surface area contributed by atoms with Crippen molar-refractivity contribution in [2.75, 3.05) is 19.7 Å². The molecule has 1 fully saturated rings. The van der Waals surface area contributed by atoms with Gasteiger partial charge in [-0.2, -0.15) is 0 Å². The number of imidazole rings is 1. The van der Waals surface area contributed by atoms with Gasteiger partial charge in [0.2, 0.25) is 0 Å². The molecule has 2 aromatic carbocycles. The molecule has 1 aromatic heterocycles. The molecule has 154 valence electrons. The number of fused-ring (bicyclic) bond motifs is 1. The van der Waals surface area contributed by atoms with Crippen LogP contribution in [0.25, 0.3) is 11.0 Å². The van der Waals surface area contributed by atoms with Gasteiger partial charge in [-0.3, -0.25) is 4.90 Å². The molecule has 4 heteroatoms. The van der Waals surface area contributed by atoms with Gasteiger partial charge in [-0.05, 0) is 69.1 Å². The lowest BCUT2D eigenvalue weighted by Gasteiger charge is -2.27. The van der Waals surface area contributed by atoms with Gasteiger partial charge in [-0.1, -0.05) is 44.0 Å². The Kier molecular flexibility index (Phi) is 6.50. The van der Waals surface area contributed by atoms with Gasteiger partial charge >= 0.3 is 0 Å². The molecule has 3 aromatic rings. The molecule has 1 aliphatic heterocycles. The standard InChI is InChI=1S/C25H33N3O/c1-3-21-12-14-22(15-13-21)29-19-18-28-24-11-7-6-10-23(24)26-25(28)20(2)27-16-8-4-5-9-17-27/h6-7,10-15,20H,3-5,8-9,16-19H2,1-2H3. The molecule has 1 saturated heterocycles. The van der Waals surface area contributed by atoms with Crippen molar-refractivity contribution in [1.29, 1.82) is 0 Å². The number of para-hydroxylation sites is 2. The molecule has 0 saturated carbocycles. The Morgan fingerprint density at radius 1 is 0.966 bits per heavy atom. The average Bonchev–Trinajstić information content (AvgIpc) is 2.92. The van der Waals surface area contributed by atoms with E-state index in [-0.39, 0.29) is 0 Å². The van der Waals surface area contributed by atoms with Crippen LogP contribution < -0.4 is 4.74 Å². The largest absolute Gasteiger partial charge is 0.492 e. The minimum Gasteiger partial charge on any atom is -0.492 e. The summed E-state index contributed by atoms with van der Waals surface area (Å²) in [5.41, 5.74) is 3.62. The summed E-state index contributed by atoms with van der Waals surface area (Å²) < 4.78 is 8.43. The fourth-order valence-electron chi connectivity index (χ4n) is 4.37. The second kappa shape index (κ2) is 9.45. The van der Waals surface area contributed by atoms with Crippen molar-refractivity contribution in [1.82, 2.24) is 14.5 Å². The van der Waals surface area contributed by atoms with Gasteiger partial charge in [0.15, 0.2) is 0 Å². The Hall–Kier alpha value is -2.33. The first-order chi connectivity index (χ1) is 14.3. The number of benzene rings is 2. The Bertz CT molecular complexity index is 907. The second-order valence-corrected chi connectivity index (χ2v) is 8.08. The highest BCUT2D eigenvalue weighted by Crippen LogP contribution is 2.27. The number of hydrogen-bond acceptors (Lipinski definition) is 3. The number of likely N-dealkylation sites (tertiary alicyclic amines) is 1. The van der Waals surface area contributed by atoms with Crippen molar-refractivity contribution in [3.05, 3.63) is 59.9 Å². The average molecular weight is 392 g/mol. The summed E-state index contributed by atoms with van der Waals surface area (Å²) in [5, 5.41) is 0. The van der Waals surface area contributed by atoms with E-state index in [0.29, 0.717) is 12.6 Å². The predicted molar refractivity (Wildman–Crippen MR) is 120 cm³/mol. The molecule has 1 aliphatic rings. The van der Waals surface area contributed by atoms with E-state index in [1.807, 2.05) is 0 Å². The number of hydrogen-bond donors (Lipinski definition) is 0. The summed E-state index contributed by atoms with van der Waals surface area (Å²) in [4.78, 5) is 7.64. The van der Waals surface area contributed by atoms with Crippen molar-refractivity contribution in [2.24, 2.45) is 0 Å². The van der Waals surface area contributed by atoms with E-state index in [1.54, 1.807) is 0 Å². The quantitative estimate of drug-likeness (QED) is 0.524. The van der Waals surface area contributed by atoms with Crippen molar-refractivity contribution in [2.45, 2.75) is 58.5 Å². The molecular formula is C25H33N3O.